The fourth-order valence-corrected chi connectivity index (χ4v) is 4.04. The van der Waals surface area contributed by atoms with Gasteiger partial charge in [-0.05, 0) is 25.1 Å². The highest BCUT2D eigenvalue weighted by Gasteiger charge is 2.48. The number of amides is 1. The summed E-state index contributed by atoms with van der Waals surface area (Å²) in [5.41, 5.74) is 0.442. The Balaban J connectivity index is 1.79. The van der Waals surface area contributed by atoms with E-state index in [-0.39, 0.29) is 27.1 Å². The Labute approximate surface area is 158 Å². The zero-order valence-corrected chi connectivity index (χ0v) is 15.2. The molecule has 0 spiro atoms. The Kier molecular flexibility index (Phi) is 3.84. The van der Waals surface area contributed by atoms with Gasteiger partial charge in [-0.1, -0.05) is 41.4 Å². The lowest BCUT2D eigenvalue weighted by atomic mass is 9.87. The van der Waals surface area contributed by atoms with E-state index in [2.05, 4.69) is 10.3 Å². The van der Waals surface area contributed by atoms with Crippen molar-refractivity contribution in [1.29, 1.82) is 0 Å². The van der Waals surface area contributed by atoms with Gasteiger partial charge in [-0.3, -0.25) is 9.59 Å². The van der Waals surface area contributed by atoms with Crippen LogP contribution in [0.3, 0.4) is 0 Å². The molecule has 1 aliphatic rings. The summed E-state index contributed by atoms with van der Waals surface area (Å²) in [6.07, 6.45) is -0.412. The van der Waals surface area contributed by atoms with Crippen LogP contribution in [0.4, 0.5) is 5.69 Å². The van der Waals surface area contributed by atoms with Crippen molar-refractivity contribution in [1.82, 2.24) is 4.98 Å². The molecule has 4 rings (SSSR count). The minimum atomic E-state index is -2.02. The number of para-hydroxylation sites is 1. The molecule has 132 valence electrons. The van der Waals surface area contributed by atoms with Gasteiger partial charge in [0.1, 0.15) is 0 Å². The van der Waals surface area contributed by atoms with Crippen molar-refractivity contribution < 1.29 is 14.7 Å². The minimum absolute atomic E-state index is 0.214. The number of rotatable bonds is 3. The summed E-state index contributed by atoms with van der Waals surface area (Å²) in [5, 5.41) is 14.8. The number of Topliss-reactive ketones (excluding diaryl/α,β-unsaturated/α-hetero) is 1. The molecule has 1 atom stereocenters. The first-order chi connectivity index (χ1) is 12.3. The molecular formula is C19H14Cl2N2O3. The monoisotopic (exact) mass is 388 g/mol. The molecule has 0 unspecified atom stereocenters. The minimum Gasteiger partial charge on any atom is -0.375 e. The molecule has 26 heavy (non-hydrogen) atoms. The Bertz CT molecular complexity index is 1090. The maximum Gasteiger partial charge on any atom is 0.261 e. The smallest absolute Gasteiger partial charge is 0.261 e. The van der Waals surface area contributed by atoms with Gasteiger partial charge in [0.05, 0.1) is 17.1 Å². The number of aryl methyl sites for hydroxylation is 1. The van der Waals surface area contributed by atoms with Crippen LogP contribution in [0.1, 0.15) is 28.0 Å². The lowest BCUT2D eigenvalue weighted by Crippen LogP contribution is -2.36. The number of ketones is 1. The van der Waals surface area contributed by atoms with Crippen LogP contribution >= 0.6 is 23.2 Å². The molecule has 0 fully saturated rings. The molecule has 3 aromatic rings. The number of aliphatic hydroxyl groups is 1. The van der Waals surface area contributed by atoms with Gasteiger partial charge >= 0.3 is 0 Å². The number of H-pyrrole nitrogens is 1. The maximum atomic E-state index is 13.0. The molecular weight excluding hydrogens is 375 g/mol. The predicted octanol–water partition coefficient (Wildman–Crippen LogP) is 4.20. The highest BCUT2D eigenvalue weighted by Crippen LogP contribution is 2.44. The summed E-state index contributed by atoms with van der Waals surface area (Å²) in [6, 6.07) is 10.3. The van der Waals surface area contributed by atoms with Gasteiger partial charge in [0.25, 0.3) is 5.91 Å². The molecule has 1 aliphatic heterocycles. The van der Waals surface area contributed by atoms with Gasteiger partial charge in [0, 0.05) is 32.7 Å². The largest absolute Gasteiger partial charge is 0.375 e. The summed E-state index contributed by atoms with van der Waals surface area (Å²) in [5.74, 6) is -1.04. The van der Waals surface area contributed by atoms with Gasteiger partial charge in [-0.25, -0.2) is 0 Å². The van der Waals surface area contributed by atoms with E-state index in [9.17, 15) is 14.7 Å². The normalized spacial score (nSPS) is 18.8. The van der Waals surface area contributed by atoms with Crippen LogP contribution in [0.5, 0.6) is 0 Å². The van der Waals surface area contributed by atoms with E-state index < -0.39 is 17.9 Å². The number of halogens is 2. The van der Waals surface area contributed by atoms with Crippen LogP contribution in [-0.4, -0.2) is 21.8 Å². The van der Waals surface area contributed by atoms with Crippen LogP contribution < -0.4 is 5.32 Å². The summed E-state index contributed by atoms with van der Waals surface area (Å²) < 4.78 is 0. The average Bonchev–Trinajstić information content (AvgIpc) is 3.03. The summed E-state index contributed by atoms with van der Waals surface area (Å²) in [4.78, 5) is 28.6. The van der Waals surface area contributed by atoms with Crippen LogP contribution in [0, 0.1) is 6.92 Å². The van der Waals surface area contributed by atoms with Crippen LogP contribution in [-0.2, 0) is 10.4 Å². The molecule has 0 saturated carbocycles. The molecule has 1 aromatic heterocycles. The standard InChI is InChI=1S/C19H14Cl2N2O3/c1-9-16(11-4-2-3-5-14(11)22-9)15(24)8-19(26)12-6-10(20)7-13(21)17(12)23-18(19)25/h2-7,22,26H,8H2,1H3,(H,23,25)/t19-/m0/s1. The number of anilines is 1. The van der Waals surface area contributed by atoms with E-state index >= 15 is 0 Å². The molecule has 2 heterocycles. The van der Waals surface area contributed by atoms with Crippen molar-refractivity contribution in [3.05, 3.63) is 63.3 Å². The summed E-state index contributed by atoms with van der Waals surface area (Å²) in [7, 11) is 0. The first-order valence-electron chi connectivity index (χ1n) is 7.95. The number of aromatic amines is 1. The van der Waals surface area contributed by atoms with Crippen molar-refractivity contribution in [3.63, 3.8) is 0 Å². The van der Waals surface area contributed by atoms with E-state index in [1.807, 2.05) is 24.3 Å². The van der Waals surface area contributed by atoms with Crippen LogP contribution in [0.2, 0.25) is 10.0 Å². The molecule has 0 radical (unpaired) electrons. The molecule has 0 bridgehead atoms. The van der Waals surface area contributed by atoms with Crippen molar-refractivity contribution in [3.8, 4) is 0 Å². The number of carbonyl (C=O) groups excluding carboxylic acids is 2. The second-order valence-corrected chi connectivity index (χ2v) is 7.24. The molecule has 7 heteroatoms. The highest BCUT2D eigenvalue weighted by molar-refractivity contribution is 6.38. The predicted molar refractivity (Wildman–Crippen MR) is 101 cm³/mol. The van der Waals surface area contributed by atoms with E-state index in [1.165, 1.54) is 12.1 Å². The number of carbonyl (C=O) groups is 2. The Morgan fingerprint density at radius 1 is 1.23 bits per heavy atom. The molecule has 2 aromatic carbocycles. The lowest BCUT2D eigenvalue weighted by molar-refractivity contribution is -0.133. The van der Waals surface area contributed by atoms with Gasteiger partial charge in [0.2, 0.25) is 0 Å². The molecule has 3 N–H and O–H groups in total. The van der Waals surface area contributed by atoms with E-state index in [1.54, 1.807) is 6.92 Å². The summed E-state index contributed by atoms with van der Waals surface area (Å²) in [6.45, 7) is 1.79. The first kappa shape index (κ1) is 17.1. The number of nitrogens with one attached hydrogen (secondary N) is 2. The number of benzene rings is 2. The Morgan fingerprint density at radius 3 is 2.73 bits per heavy atom. The third-order valence-corrected chi connectivity index (χ3v) is 5.22. The zero-order valence-electron chi connectivity index (χ0n) is 13.7. The van der Waals surface area contributed by atoms with E-state index in [4.69, 9.17) is 23.2 Å². The number of fused-ring (bicyclic) bond motifs is 2. The number of hydrogen-bond acceptors (Lipinski definition) is 3. The second-order valence-electron chi connectivity index (χ2n) is 6.40. The Morgan fingerprint density at radius 2 is 1.96 bits per heavy atom. The van der Waals surface area contributed by atoms with E-state index in [0.29, 0.717) is 11.3 Å². The third-order valence-electron chi connectivity index (χ3n) is 4.70. The van der Waals surface area contributed by atoms with Crippen molar-refractivity contribution in [2.24, 2.45) is 0 Å². The SMILES string of the molecule is Cc1[nH]c2ccccc2c1C(=O)C[C@@]1(O)C(=O)Nc2c(Cl)cc(Cl)cc21. The van der Waals surface area contributed by atoms with Gasteiger partial charge in [-0.15, -0.1) is 0 Å². The van der Waals surface area contributed by atoms with Gasteiger partial charge < -0.3 is 15.4 Å². The third kappa shape index (κ3) is 2.43. The molecule has 0 aliphatic carbocycles. The van der Waals surface area contributed by atoms with Gasteiger partial charge in [0.15, 0.2) is 11.4 Å². The van der Waals surface area contributed by atoms with Crippen molar-refractivity contribution >= 4 is 51.5 Å². The average molecular weight is 389 g/mol. The Hall–Kier alpha value is -2.34. The van der Waals surface area contributed by atoms with Crippen molar-refractivity contribution in [2.75, 3.05) is 5.32 Å². The zero-order chi connectivity index (χ0) is 18.6. The number of hydrogen-bond donors (Lipinski definition) is 3. The topological polar surface area (TPSA) is 82.2 Å². The van der Waals surface area contributed by atoms with Crippen LogP contribution in [0.15, 0.2) is 36.4 Å². The lowest BCUT2D eigenvalue weighted by Gasteiger charge is -2.20. The quantitative estimate of drug-likeness (QED) is 0.588. The number of aromatic nitrogens is 1. The molecule has 1 amide bonds. The van der Waals surface area contributed by atoms with Crippen LogP contribution in [0.25, 0.3) is 10.9 Å². The second kappa shape index (κ2) is 5.84. The first-order valence-corrected chi connectivity index (χ1v) is 8.70. The fourth-order valence-electron chi connectivity index (χ4n) is 3.50. The highest BCUT2D eigenvalue weighted by atomic mass is 35.5. The van der Waals surface area contributed by atoms with E-state index in [0.717, 1.165) is 10.9 Å². The maximum absolute atomic E-state index is 13.0. The summed E-state index contributed by atoms with van der Waals surface area (Å²) >= 11 is 12.1. The van der Waals surface area contributed by atoms with Crippen molar-refractivity contribution in [2.45, 2.75) is 18.9 Å². The van der Waals surface area contributed by atoms with Gasteiger partial charge in [-0.2, -0.15) is 0 Å². The fraction of sp³-hybridized carbons (Fsp3) is 0.158. The molecule has 5 nitrogen and oxygen atoms in total. The molecule has 0 saturated heterocycles.